The van der Waals surface area contributed by atoms with Crippen molar-refractivity contribution in [2.75, 3.05) is 0 Å². The molecule has 1 aromatic carbocycles. The Morgan fingerprint density at radius 1 is 1.35 bits per heavy atom. The van der Waals surface area contributed by atoms with Gasteiger partial charge in [-0.05, 0) is 38.8 Å². The van der Waals surface area contributed by atoms with Crippen LogP contribution < -0.4 is 0 Å². The van der Waals surface area contributed by atoms with Crippen molar-refractivity contribution in [3.8, 4) is 6.07 Å². The van der Waals surface area contributed by atoms with Gasteiger partial charge in [-0.25, -0.2) is 4.98 Å². The number of hydrogen-bond donors (Lipinski definition) is 0. The summed E-state index contributed by atoms with van der Waals surface area (Å²) in [5, 5.41) is 8.95. The summed E-state index contributed by atoms with van der Waals surface area (Å²) >= 11 is 0. The molecule has 0 atom stereocenters. The standard InChI is InChI=1S/C14H17N3/c1-14(2,10-15)8-5-9-17-11-16-12-6-3-4-7-13(12)17/h3-4,6-7,11H,5,8-9H2,1-2H3. The Labute approximate surface area is 102 Å². The summed E-state index contributed by atoms with van der Waals surface area (Å²) in [6.07, 6.45) is 3.79. The molecule has 0 radical (unpaired) electrons. The summed E-state index contributed by atoms with van der Waals surface area (Å²) in [5.41, 5.74) is 1.98. The van der Waals surface area contributed by atoms with Gasteiger partial charge in [-0.3, -0.25) is 0 Å². The molecule has 3 heteroatoms. The number of nitrogens with zero attached hydrogens (tertiary/aromatic N) is 3. The summed E-state index contributed by atoms with van der Waals surface area (Å²) < 4.78 is 2.16. The lowest BCUT2D eigenvalue weighted by Crippen LogP contribution is -2.09. The number of hydrogen-bond acceptors (Lipinski definition) is 2. The average molecular weight is 227 g/mol. The van der Waals surface area contributed by atoms with E-state index in [1.54, 1.807) is 0 Å². The minimum atomic E-state index is -0.226. The first-order chi connectivity index (χ1) is 8.12. The monoisotopic (exact) mass is 227 g/mol. The molecule has 0 fully saturated rings. The topological polar surface area (TPSA) is 41.6 Å². The minimum absolute atomic E-state index is 0.226. The molecule has 0 aliphatic heterocycles. The van der Waals surface area contributed by atoms with Gasteiger partial charge in [-0.15, -0.1) is 0 Å². The Kier molecular flexibility index (Phi) is 3.14. The second-order valence-corrected chi connectivity index (χ2v) is 5.03. The SMILES string of the molecule is CC(C)(C#N)CCCn1cnc2ccccc21. The van der Waals surface area contributed by atoms with Crippen LogP contribution in [-0.2, 0) is 6.54 Å². The number of nitriles is 1. The molecule has 0 bridgehead atoms. The van der Waals surface area contributed by atoms with Crippen molar-refractivity contribution in [2.24, 2.45) is 5.41 Å². The molecule has 2 rings (SSSR count). The van der Waals surface area contributed by atoms with E-state index >= 15 is 0 Å². The third-order valence-corrected chi connectivity index (χ3v) is 3.03. The quantitative estimate of drug-likeness (QED) is 0.803. The molecule has 0 aliphatic rings. The van der Waals surface area contributed by atoms with Crippen LogP contribution in [0.5, 0.6) is 0 Å². The van der Waals surface area contributed by atoms with Gasteiger partial charge in [0.15, 0.2) is 0 Å². The van der Waals surface area contributed by atoms with E-state index in [4.69, 9.17) is 5.26 Å². The molecule has 0 saturated carbocycles. The summed E-state index contributed by atoms with van der Waals surface area (Å²) in [6, 6.07) is 10.5. The van der Waals surface area contributed by atoms with Crippen LogP contribution in [0.25, 0.3) is 11.0 Å². The lowest BCUT2D eigenvalue weighted by Gasteiger charge is -2.14. The van der Waals surface area contributed by atoms with Crippen molar-refractivity contribution >= 4 is 11.0 Å². The number of aryl methyl sites for hydroxylation is 1. The molecular weight excluding hydrogens is 210 g/mol. The van der Waals surface area contributed by atoms with E-state index in [0.717, 1.165) is 24.9 Å². The van der Waals surface area contributed by atoms with Crippen molar-refractivity contribution in [3.63, 3.8) is 0 Å². The third-order valence-electron chi connectivity index (χ3n) is 3.03. The first kappa shape index (κ1) is 11.7. The van der Waals surface area contributed by atoms with E-state index in [9.17, 15) is 0 Å². The third kappa shape index (κ3) is 2.65. The van der Waals surface area contributed by atoms with E-state index in [1.165, 1.54) is 5.52 Å². The number of para-hydroxylation sites is 2. The zero-order chi connectivity index (χ0) is 12.3. The molecular formula is C14H17N3. The van der Waals surface area contributed by atoms with Crippen LogP contribution in [0, 0.1) is 16.7 Å². The van der Waals surface area contributed by atoms with E-state index in [-0.39, 0.29) is 5.41 Å². The van der Waals surface area contributed by atoms with Crippen LogP contribution in [-0.4, -0.2) is 9.55 Å². The van der Waals surface area contributed by atoms with Crippen molar-refractivity contribution < 1.29 is 0 Å². The van der Waals surface area contributed by atoms with Gasteiger partial charge in [-0.2, -0.15) is 5.26 Å². The van der Waals surface area contributed by atoms with E-state index in [0.29, 0.717) is 0 Å². The lowest BCUT2D eigenvalue weighted by atomic mass is 9.90. The molecule has 88 valence electrons. The Balaban J connectivity index is 2.03. The highest BCUT2D eigenvalue weighted by Crippen LogP contribution is 2.21. The predicted molar refractivity (Wildman–Crippen MR) is 68.4 cm³/mol. The van der Waals surface area contributed by atoms with E-state index in [2.05, 4.69) is 21.7 Å². The normalized spacial score (nSPS) is 11.6. The maximum Gasteiger partial charge on any atom is 0.0958 e. The number of aromatic nitrogens is 2. The van der Waals surface area contributed by atoms with Crippen molar-refractivity contribution in [3.05, 3.63) is 30.6 Å². The molecule has 0 unspecified atom stereocenters. The molecule has 2 aromatic rings. The number of rotatable bonds is 4. The fraction of sp³-hybridized carbons (Fsp3) is 0.429. The smallest absolute Gasteiger partial charge is 0.0958 e. The molecule has 17 heavy (non-hydrogen) atoms. The van der Waals surface area contributed by atoms with Crippen LogP contribution in [0.15, 0.2) is 30.6 Å². The van der Waals surface area contributed by atoms with E-state index in [1.807, 2.05) is 38.4 Å². The van der Waals surface area contributed by atoms with E-state index < -0.39 is 0 Å². The minimum Gasteiger partial charge on any atom is -0.331 e. The van der Waals surface area contributed by atoms with Gasteiger partial charge < -0.3 is 4.57 Å². The van der Waals surface area contributed by atoms with Gasteiger partial charge in [-0.1, -0.05) is 12.1 Å². The fourth-order valence-corrected chi connectivity index (χ4v) is 1.94. The van der Waals surface area contributed by atoms with Gasteiger partial charge in [0, 0.05) is 6.54 Å². The molecule has 0 aliphatic carbocycles. The van der Waals surface area contributed by atoms with Crippen LogP contribution in [0.1, 0.15) is 26.7 Å². The molecule has 1 heterocycles. The Hall–Kier alpha value is -1.82. The fourth-order valence-electron chi connectivity index (χ4n) is 1.94. The molecule has 0 saturated heterocycles. The Morgan fingerprint density at radius 2 is 2.12 bits per heavy atom. The maximum absolute atomic E-state index is 8.95. The number of benzene rings is 1. The van der Waals surface area contributed by atoms with Crippen molar-refractivity contribution in [1.29, 1.82) is 5.26 Å². The zero-order valence-corrected chi connectivity index (χ0v) is 10.3. The van der Waals surface area contributed by atoms with Gasteiger partial charge in [0.2, 0.25) is 0 Å². The van der Waals surface area contributed by atoms with Crippen molar-refractivity contribution in [2.45, 2.75) is 33.2 Å². The van der Waals surface area contributed by atoms with Crippen LogP contribution >= 0.6 is 0 Å². The lowest BCUT2D eigenvalue weighted by molar-refractivity contribution is 0.417. The summed E-state index contributed by atoms with van der Waals surface area (Å²) in [4.78, 5) is 4.35. The summed E-state index contributed by atoms with van der Waals surface area (Å²) in [6.45, 7) is 4.89. The largest absolute Gasteiger partial charge is 0.331 e. The van der Waals surface area contributed by atoms with Gasteiger partial charge in [0.05, 0.1) is 28.8 Å². The van der Waals surface area contributed by atoms with Crippen LogP contribution in [0.4, 0.5) is 0 Å². The van der Waals surface area contributed by atoms with Gasteiger partial charge >= 0.3 is 0 Å². The highest BCUT2D eigenvalue weighted by Gasteiger charge is 2.15. The average Bonchev–Trinajstić information content (AvgIpc) is 2.73. The Bertz CT molecular complexity index is 546. The number of fused-ring (bicyclic) bond motifs is 1. The summed E-state index contributed by atoms with van der Waals surface area (Å²) in [5.74, 6) is 0. The van der Waals surface area contributed by atoms with Crippen LogP contribution in [0.3, 0.4) is 0 Å². The second-order valence-electron chi connectivity index (χ2n) is 5.03. The van der Waals surface area contributed by atoms with Gasteiger partial charge in [0.1, 0.15) is 0 Å². The van der Waals surface area contributed by atoms with Gasteiger partial charge in [0.25, 0.3) is 0 Å². The first-order valence-corrected chi connectivity index (χ1v) is 5.93. The molecule has 3 nitrogen and oxygen atoms in total. The van der Waals surface area contributed by atoms with Crippen LogP contribution in [0.2, 0.25) is 0 Å². The zero-order valence-electron chi connectivity index (χ0n) is 10.3. The molecule has 0 N–H and O–H groups in total. The second kappa shape index (κ2) is 4.58. The molecule has 1 aromatic heterocycles. The highest BCUT2D eigenvalue weighted by atomic mass is 15.0. The predicted octanol–water partition coefficient (Wildman–Crippen LogP) is 3.37. The first-order valence-electron chi connectivity index (χ1n) is 5.93. The Morgan fingerprint density at radius 3 is 2.88 bits per heavy atom. The summed E-state index contributed by atoms with van der Waals surface area (Å²) in [7, 11) is 0. The molecule has 0 amide bonds. The molecule has 0 spiro atoms. The van der Waals surface area contributed by atoms with Crippen molar-refractivity contribution in [1.82, 2.24) is 9.55 Å². The highest BCUT2D eigenvalue weighted by molar-refractivity contribution is 5.74. The number of imidazole rings is 1. The maximum atomic E-state index is 8.95.